The summed E-state index contributed by atoms with van der Waals surface area (Å²) in [5.74, 6) is 1.05. The van der Waals surface area contributed by atoms with Crippen LogP contribution in [0.3, 0.4) is 0 Å². The average Bonchev–Trinajstić information content (AvgIpc) is 2.67. The van der Waals surface area contributed by atoms with E-state index in [1.165, 1.54) is 19.3 Å². The van der Waals surface area contributed by atoms with Gasteiger partial charge >= 0.3 is 0 Å². The van der Waals surface area contributed by atoms with Crippen LogP contribution in [-0.4, -0.2) is 18.6 Å². The molecule has 0 amide bonds. The van der Waals surface area contributed by atoms with E-state index in [0.29, 0.717) is 0 Å². The van der Waals surface area contributed by atoms with Crippen molar-refractivity contribution in [3.05, 3.63) is 24.2 Å². The lowest BCUT2D eigenvalue weighted by Crippen LogP contribution is -2.48. The van der Waals surface area contributed by atoms with Crippen molar-refractivity contribution in [2.45, 2.75) is 37.6 Å². The zero-order valence-corrected chi connectivity index (χ0v) is 9.17. The quantitative estimate of drug-likeness (QED) is 0.699. The molecule has 1 heterocycles. The molecule has 1 saturated carbocycles. The summed E-state index contributed by atoms with van der Waals surface area (Å²) in [5.41, 5.74) is 6.27. The Morgan fingerprint density at radius 1 is 1.40 bits per heavy atom. The van der Waals surface area contributed by atoms with Crippen molar-refractivity contribution in [1.82, 2.24) is 5.32 Å². The molecule has 0 bridgehead atoms. The Balaban J connectivity index is 1.52. The maximum atomic E-state index is 6.12. The van der Waals surface area contributed by atoms with Gasteiger partial charge in [-0.05, 0) is 44.4 Å². The summed E-state index contributed by atoms with van der Waals surface area (Å²) in [5, 5.41) is 3.41. The van der Waals surface area contributed by atoms with E-state index in [0.717, 1.165) is 31.7 Å². The predicted molar refractivity (Wildman–Crippen MR) is 60.7 cm³/mol. The fourth-order valence-electron chi connectivity index (χ4n) is 2.01. The van der Waals surface area contributed by atoms with Gasteiger partial charge in [0.15, 0.2) is 0 Å². The van der Waals surface area contributed by atoms with E-state index >= 15 is 0 Å². The fraction of sp³-hybridized carbons (Fsp3) is 0.667. The number of furan rings is 1. The molecule has 3 N–H and O–H groups in total. The first-order chi connectivity index (χ1) is 7.29. The Hall–Kier alpha value is -0.800. The average molecular weight is 208 g/mol. The fourth-order valence-corrected chi connectivity index (χ4v) is 2.01. The van der Waals surface area contributed by atoms with Crippen molar-refractivity contribution in [3.8, 4) is 0 Å². The van der Waals surface area contributed by atoms with Crippen LogP contribution in [-0.2, 0) is 6.42 Å². The number of hydrogen-bond donors (Lipinski definition) is 2. The number of nitrogens with one attached hydrogen (secondary N) is 1. The van der Waals surface area contributed by atoms with E-state index in [9.17, 15) is 0 Å². The first-order valence-electron chi connectivity index (χ1n) is 5.81. The van der Waals surface area contributed by atoms with Crippen LogP contribution in [0.2, 0.25) is 0 Å². The number of hydrogen-bond acceptors (Lipinski definition) is 3. The summed E-state index contributed by atoms with van der Waals surface area (Å²) in [6, 6.07) is 3.94. The molecule has 84 valence electrons. The van der Waals surface area contributed by atoms with Crippen LogP contribution >= 0.6 is 0 Å². The summed E-state index contributed by atoms with van der Waals surface area (Å²) in [7, 11) is 0. The first-order valence-corrected chi connectivity index (χ1v) is 5.81. The van der Waals surface area contributed by atoms with Crippen LogP contribution in [0.1, 0.15) is 31.4 Å². The monoisotopic (exact) mass is 208 g/mol. The second-order valence-corrected chi connectivity index (χ2v) is 4.55. The lowest BCUT2D eigenvalue weighted by atomic mass is 9.75. The summed E-state index contributed by atoms with van der Waals surface area (Å²) in [4.78, 5) is 0. The molecule has 0 unspecified atom stereocenters. The molecule has 0 aliphatic heterocycles. The molecule has 2 rings (SSSR count). The molecule has 15 heavy (non-hydrogen) atoms. The molecule has 1 aliphatic carbocycles. The van der Waals surface area contributed by atoms with Gasteiger partial charge in [-0.1, -0.05) is 0 Å². The van der Waals surface area contributed by atoms with Gasteiger partial charge in [0, 0.05) is 18.5 Å². The molecule has 0 atom stereocenters. The smallest absolute Gasteiger partial charge is 0.105 e. The minimum absolute atomic E-state index is 0.150. The van der Waals surface area contributed by atoms with Crippen molar-refractivity contribution < 1.29 is 4.42 Å². The van der Waals surface area contributed by atoms with Crippen LogP contribution in [0, 0.1) is 0 Å². The summed E-state index contributed by atoms with van der Waals surface area (Å²) in [6.07, 6.45) is 7.50. The lowest BCUT2D eigenvalue weighted by Gasteiger charge is -2.38. The van der Waals surface area contributed by atoms with Crippen LogP contribution in [0.15, 0.2) is 22.8 Å². The highest BCUT2D eigenvalue weighted by Crippen LogP contribution is 2.31. The minimum Gasteiger partial charge on any atom is -0.469 e. The molecule has 1 aromatic rings. The summed E-state index contributed by atoms with van der Waals surface area (Å²) >= 11 is 0. The Labute approximate surface area is 91.0 Å². The summed E-state index contributed by atoms with van der Waals surface area (Å²) in [6.45, 7) is 2.00. The van der Waals surface area contributed by atoms with E-state index in [-0.39, 0.29) is 5.54 Å². The molecule has 1 aliphatic rings. The maximum Gasteiger partial charge on any atom is 0.105 e. The molecule has 1 fully saturated rings. The Morgan fingerprint density at radius 3 is 2.87 bits per heavy atom. The molecule has 0 spiro atoms. The van der Waals surface area contributed by atoms with E-state index in [1.807, 2.05) is 12.1 Å². The topological polar surface area (TPSA) is 51.2 Å². The number of rotatable bonds is 6. The second-order valence-electron chi connectivity index (χ2n) is 4.55. The zero-order chi connectivity index (χ0) is 10.6. The summed E-state index contributed by atoms with van der Waals surface area (Å²) < 4.78 is 5.25. The number of nitrogens with two attached hydrogens (primary N) is 1. The predicted octanol–water partition coefficient (Wildman–Crippen LogP) is 1.68. The van der Waals surface area contributed by atoms with Crippen molar-refractivity contribution in [2.24, 2.45) is 5.73 Å². The van der Waals surface area contributed by atoms with Crippen LogP contribution in [0.5, 0.6) is 0 Å². The molecular formula is C12H20N2O. The first kappa shape index (κ1) is 10.7. The largest absolute Gasteiger partial charge is 0.469 e. The van der Waals surface area contributed by atoms with Gasteiger partial charge in [-0.15, -0.1) is 0 Å². The Kier molecular flexibility index (Phi) is 3.44. The van der Waals surface area contributed by atoms with Gasteiger partial charge in [0.05, 0.1) is 6.26 Å². The zero-order valence-electron chi connectivity index (χ0n) is 9.17. The van der Waals surface area contributed by atoms with E-state index in [1.54, 1.807) is 6.26 Å². The van der Waals surface area contributed by atoms with Gasteiger partial charge in [-0.2, -0.15) is 0 Å². The molecule has 0 saturated heterocycles. The molecule has 3 nitrogen and oxygen atoms in total. The van der Waals surface area contributed by atoms with Gasteiger partial charge in [0.25, 0.3) is 0 Å². The van der Waals surface area contributed by atoms with Crippen molar-refractivity contribution in [1.29, 1.82) is 0 Å². The Morgan fingerprint density at radius 2 is 2.27 bits per heavy atom. The highest BCUT2D eigenvalue weighted by atomic mass is 16.3. The van der Waals surface area contributed by atoms with Gasteiger partial charge < -0.3 is 15.5 Å². The minimum atomic E-state index is 0.150. The Bertz CT molecular complexity index is 278. The second kappa shape index (κ2) is 4.81. The van der Waals surface area contributed by atoms with Crippen LogP contribution in [0.25, 0.3) is 0 Å². The van der Waals surface area contributed by atoms with Gasteiger partial charge in [0.1, 0.15) is 5.76 Å². The molecular weight excluding hydrogens is 188 g/mol. The van der Waals surface area contributed by atoms with E-state index in [2.05, 4.69) is 5.32 Å². The van der Waals surface area contributed by atoms with Crippen LogP contribution < -0.4 is 11.1 Å². The maximum absolute atomic E-state index is 6.12. The highest BCUT2D eigenvalue weighted by molar-refractivity contribution is 4.98. The lowest BCUT2D eigenvalue weighted by molar-refractivity contribution is 0.229. The SMILES string of the molecule is NC1(CCNCCc2ccco2)CCC1. The van der Waals surface area contributed by atoms with Gasteiger partial charge in [-0.3, -0.25) is 0 Å². The van der Waals surface area contributed by atoms with Gasteiger partial charge in [0.2, 0.25) is 0 Å². The molecule has 0 aromatic carbocycles. The highest BCUT2D eigenvalue weighted by Gasteiger charge is 2.31. The third-order valence-corrected chi connectivity index (χ3v) is 3.28. The van der Waals surface area contributed by atoms with E-state index < -0.39 is 0 Å². The van der Waals surface area contributed by atoms with Crippen molar-refractivity contribution in [3.63, 3.8) is 0 Å². The van der Waals surface area contributed by atoms with Gasteiger partial charge in [-0.25, -0.2) is 0 Å². The molecule has 3 heteroatoms. The normalized spacial score (nSPS) is 18.7. The third kappa shape index (κ3) is 3.08. The van der Waals surface area contributed by atoms with Crippen molar-refractivity contribution >= 4 is 0 Å². The molecule has 1 aromatic heterocycles. The third-order valence-electron chi connectivity index (χ3n) is 3.28. The van der Waals surface area contributed by atoms with E-state index in [4.69, 9.17) is 10.2 Å². The standard InChI is InChI=1S/C12H20N2O/c13-12(5-2-6-12)7-9-14-8-4-11-3-1-10-15-11/h1,3,10,14H,2,4-9,13H2. The van der Waals surface area contributed by atoms with Crippen molar-refractivity contribution in [2.75, 3.05) is 13.1 Å². The molecule has 0 radical (unpaired) electrons. The van der Waals surface area contributed by atoms with Crippen LogP contribution in [0.4, 0.5) is 0 Å².